The van der Waals surface area contributed by atoms with Crippen molar-refractivity contribution < 1.29 is 22.7 Å². The van der Waals surface area contributed by atoms with Crippen LogP contribution in [-0.4, -0.2) is 49.6 Å². The Kier molecular flexibility index (Phi) is 5.43. The summed E-state index contributed by atoms with van der Waals surface area (Å²) in [5, 5.41) is 3.85. The van der Waals surface area contributed by atoms with E-state index in [0.29, 0.717) is 28.9 Å². The van der Waals surface area contributed by atoms with Crippen molar-refractivity contribution in [3.63, 3.8) is 0 Å². The summed E-state index contributed by atoms with van der Waals surface area (Å²) >= 11 is 0. The lowest BCUT2D eigenvalue weighted by atomic mass is 10.1. The van der Waals surface area contributed by atoms with E-state index in [0.717, 1.165) is 0 Å². The van der Waals surface area contributed by atoms with E-state index in [-0.39, 0.29) is 18.1 Å². The minimum Gasteiger partial charge on any atom is -0.462 e. The highest BCUT2D eigenvalue weighted by Gasteiger charge is 2.32. The molecule has 1 saturated heterocycles. The first kappa shape index (κ1) is 18.2. The lowest BCUT2D eigenvalue weighted by Crippen LogP contribution is -2.27. The number of nitrogens with zero attached hydrogens (tertiary/aromatic N) is 1. The number of ether oxygens (including phenoxy) is 1. The zero-order chi connectivity index (χ0) is 17.9. The van der Waals surface area contributed by atoms with Crippen LogP contribution in [-0.2, 0) is 19.4 Å². The molecule has 0 spiro atoms. The number of carbonyl (C=O) groups is 2. The summed E-state index contributed by atoms with van der Waals surface area (Å²) < 4.78 is 27.8. The van der Waals surface area contributed by atoms with E-state index < -0.39 is 27.6 Å². The van der Waals surface area contributed by atoms with Gasteiger partial charge in [0.1, 0.15) is 0 Å². The maximum absolute atomic E-state index is 11.9. The van der Waals surface area contributed by atoms with Gasteiger partial charge >= 0.3 is 5.97 Å². The van der Waals surface area contributed by atoms with Crippen LogP contribution in [0.1, 0.15) is 40.7 Å². The van der Waals surface area contributed by atoms with Crippen molar-refractivity contribution in [3.05, 3.63) is 22.5 Å². The Morgan fingerprint density at radius 1 is 1.42 bits per heavy atom. The Hall–Kier alpha value is -2.16. The monoisotopic (exact) mass is 355 g/mol. The Morgan fingerprint density at radius 3 is 2.71 bits per heavy atom. The molecule has 1 aliphatic heterocycles. The molecule has 2 rings (SSSR count). The molecule has 9 heteroatoms. The molecule has 0 bridgehead atoms. The molecule has 1 fully saturated rings. The molecule has 24 heavy (non-hydrogen) atoms. The fourth-order valence-electron chi connectivity index (χ4n) is 2.67. The Bertz CT molecular complexity index is 779. The van der Waals surface area contributed by atoms with Gasteiger partial charge < -0.3 is 9.72 Å². The van der Waals surface area contributed by atoms with Gasteiger partial charge in [-0.3, -0.25) is 4.79 Å². The zero-order valence-corrected chi connectivity index (χ0v) is 14.7. The number of rotatable bonds is 5. The Morgan fingerprint density at radius 2 is 2.12 bits per heavy atom. The van der Waals surface area contributed by atoms with E-state index in [1.54, 1.807) is 20.8 Å². The summed E-state index contributed by atoms with van der Waals surface area (Å²) in [4.78, 5) is 26.8. The maximum atomic E-state index is 11.9. The van der Waals surface area contributed by atoms with Crippen LogP contribution in [0, 0.1) is 19.8 Å². The molecule has 1 aliphatic rings. The van der Waals surface area contributed by atoms with Gasteiger partial charge in [0.25, 0.3) is 0 Å². The number of hydrazone groups is 1. The number of aryl methyl sites for hydroxylation is 1. The van der Waals surface area contributed by atoms with Gasteiger partial charge in [0, 0.05) is 5.69 Å². The predicted molar refractivity (Wildman–Crippen MR) is 88.7 cm³/mol. The highest BCUT2D eigenvalue weighted by atomic mass is 32.2. The minimum absolute atomic E-state index is 0.0344. The molecule has 1 aromatic rings. The van der Waals surface area contributed by atoms with Gasteiger partial charge in [0.05, 0.1) is 41.5 Å². The fourth-order valence-corrected chi connectivity index (χ4v) is 4.41. The average Bonchev–Trinajstić information content (AvgIpc) is 2.99. The summed E-state index contributed by atoms with van der Waals surface area (Å²) in [5.41, 5.74) is 4.71. The molecule has 2 N–H and O–H groups in total. The second-order valence-electron chi connectivity index (χ2n) is 5.72. The number of amides is 1. The number of nitrogens with one attached hydrogen (secondary N) is 2. The van der Waals surface area contributed by atoms with Crippen LogP contribution in [0.2, 0.25) is 0 Å². The molecule has 2 heterocycles. The third-order valence-corrected chi connectivity index (χ3v) is 5.70. The molecule has 0 saturated carbocycles. The van der Waals surface area contributed by atoms with E-state index in [2.05, 4.69) is 15.5 Å². The van der Waals surface area contributed by atoms with Crippen LogP contribution in [0.4, 0.5) is 0 Å². The largest absolute Gasteiger partial charge is 0.462 e. The van der Waals surface area contributed by atoms with Crippen molar-refractivity contribution >= 4 is 27.9 Å². The van der Waals surface area contributed by atoms with Crippen molar-refractivity contribution in [2.24, 2.45) is 11.0 Å². The quantitative estimate of drug-likeness (QED) is 0.458. The van der Waals surface area contributed by atoms with Gasteiger partial charge in [-0.2, -0.15) is 5.10 Å². The van der Waals surface area contributed by atoms with Crippen molar-refractivity contribution in [2.75, 3.05) is 18.1 Å². The first-order chi connectivity index (χ1) is 11.2. The van der Waals surface area contributed by atoms with Gasteiger partial charge in [-0.15, -0.1) is 0 Å². The Balaban J connectivity index is 2.04. The molecule has 1 atom stereocenters. The van der Waals surface area contributed by atoms with Gasteiger partial charge in [-0.1, -0.05) is 0 Å². The van der Waals surface area contributed by atoms with Crippen LogP contribution in [0.25, 0.3) is 0 Å². The predicted octanol–water partition coefficient (Wildman–Crippen LogP) is 0.693. The topological polar surface area (TPSA) is 118 Å². The molecule has 0 radical (unpaired) electrons. The number of aromatic amines is 1. The molecule has 132 valence electrons. The summed E-state index contributed by atoms with van der Waals surface area (Å²) in [7, 11) is -3.11. The molecule has 1 aromatic heterocycles. The van der Waals surface area contributed by atoms with Crippen LogP contribution in [0.15, 0.2) is 5.10 Å². The minimum atomic E-state index is -3.11. The van der Waals surface area contributed by atoms with Crippen molar-refractivity contribution in [1.82, 2.24) is 10.4 Å². The highest BCUT2D eigenvalue weighted by molar-refractivity contribution is 7.91. The molecule has 0 unspecified atom stereocenters. The number of carbonyl (C=O) groups excluding carboxylic acids is 2. The van der Waals surface area contributed by atoms with Crippen LogP contribution in [0.3, 0.4) is 0 Å². The molecular weight excluding hydrogens is 334 g/mol. The first-order valence-electron chi connectivity index (χ1n) is 7.64. The average molecular weight is 355 g/mol. The summed E-state index contributed by atoms with van der Waals surface area (Å²) in [6.07, 6.45) is 1.71. The SMILES string of the molecule is CCOC(=O)c1c(C)[nH]c(/C=N/NC(=O)[C@@H]2CCS(=O)(=O)C2)c1C. The van der Waals surface area contributed by atoms with E-state index in [1.807, 2.05) is 0 Å². The molecule has 1 amide bonds. The molecule has 0 aliphatic carbocycles. The lowest BCUT2D eigenvalue weighted by Gasteiger charge is -2.04. The number of hydrogen-bond donors (Lipinski definition) is 2. The van der Waals surface area contributed by atoms with Crippen LogP contribution in [0.5, 0.6) is 0 Å². The van der Waals surface area contributed by atoms with E-state index in [1.165, 1.54) is 6.21 Å². The van der Waals surface area contributed by atoms with Gasteiger partial charge in [-0.25, -0.2) is 18.6 Å². The standard InChI is InChI=1S/C15H21N3O5S/c1-4-23-15(20)13-9(2)12(17-10(13)3)7-16-18-14(19)11-5-6-24(21,22)8-11/h7,11,17H,4-6,8H2,1-3H3,(H,18,19)/b16-7+/t11-/m1/s1. The summed E-state index contributed by atoms with van der Waals surface area (Å²) in [6.45, 7) is 5.52. The molecule has 8 nitrogen and oxygen atoms in total. The van der Waals surface area contributed by atoms with Crippen molar-refractivity contribution in [3.8, 4) is 0 Å². The van der Waals surface area contributed by atoms with E-state index in [4.69, 9.17) is 4.74 Å². The highest BCUT2D eigenvalue weighted by Crippen LogP contribution is 2.19. The zero-order valence-electron chi connectivity index (χ0n) is 13.9. The van der Waals surface area contributed by atoms with Crippen molar-refractivity contribution in [2.45, 2.75) is 27.2 Å². The van der Waals surface area contributed by atoms with Crippen molar-refractivity contribution in [1.29, 1.82) is 0 Å². The number of hydrogen-bond acceptors (Lipinski definition) is 6. The van der Waals surface area contributed by atoms with Gasteiger partial charge in [0.2, 0.25) is 5.91 Å². The molecule has 0 aromatic carbocycles. The fraction of sp³-hybridized carbons (Fsp3) is 0.533. The van der Waals surface area contributed by atoms with Crippen LogP contribution < -0.4 is 5.43 Å². The normalized spacial score (nSPS) is 19.5. The summed E-state index contributed by atoms with van der Waals surface area (Å²) in [6, 6.07) is 0. The van der Waals surface area contributed by atoms with Gasteiger partial charge in [-0.05, 0) is 32.8 Å². The third-order valence-electron chi connectivity index (χ3n) is 3.93. The van der Waals surface area contributed by atoms with Crippen LogP contribution >= 0.6 is 0 Å². The second kappa shape index (κ2) is 7.16. The number of esters is 1. The third kappa shape index (κ3) is 4.02. The van der Waals surface area contributed by atoms with E-state index >= 15 is 0 Å². The van der Waals surface area contributed by atoms with Gasteiger partial charge in [0.15, 0.2) is 9.84 Å². The lowest BCUT2D eigenvalue weighted by molar-refractivity contribution is -0.124. The Labute approximate surface area is 140 Å². The maximum Gasteiger partial charge on any atom is 0.340 e. The summed E-state index contributed by atoms with van der Waals surface area (Å²) in [5.74, 6) is -1.49. The first-order valence-corrected chi connectivity index (χ1v) is 9.47. The number of sulfone groups is 1. The number of aromatic nitrogens is 1. The van der Waals surface area contributed by atoms with E-state index in [9.17, 15) is 18.0 Å². The second-order valence-corrected chi connectivity index (χ2v) is 7.95. The molecular formula is C15H21N3O5S. The smallest absolute Gasteiger partial charge is 0.340 e. The number of H-pyrrole nitrogens is 1.